The fourth-order valence-corrected chi connectivity index (χ4v) is 3.54. The molecular weight excluding hydrogens is 292 g/mol. The lowest BCUT2D eigenvalue weighted by atomic mass is 10.1. The van der Waals surface area contributed by atoms with Gasteiger partial charge in [-0.2, -0.15) is 0 Å². The van der Waals surface area contributed by atoms with Crippen molar-refractivity contribution < 1.29 is 4.79 Å². The third-order valence-corrected chi connectivity index (χ3v) is 4.48. The van der Waals surface area contributed by atoms with Crippen molar-refractivity contribution in [3.8, 4) is 0 Å². The van der Waals surface area contributed by atoms with E-state index in [1.807, 2.05) is 38.1 Å². The molecule has 0 aliphatic carbocycles. The predicted molar refractivity (Wildman–Crippen MR) is 92.6 cm³/mol. The lowest BCUT2D eigenvalue weighted by Crippen LogP contribution is -2.14. The minimum Gasteiger partial charge on any atom is -0.302 e. The van der Waals surface area contributed by atoms with Gasteiger partial charge in [-0.15, -0.1) is 0 Å². The average molecular weight is 310 g/mol. The number of anilines is 1. The molecule has 0 aliphatic rings. The number of rotatable bonds is 3. The molecule has 0 atom stereocenters. The first-order valence-corrected chi connectivity index (χ1v) is 8.06. The molecule has 0 fully saturated rings. The highest BCUT2D eigenvalue weighted by Gasteiger charge is 2.10. The largest absolute Gasteiger partial charge is 0.302 e. The summed E-state index contributed by atoms with van der Waals surface area (Å²) in [6.45, 7) is 6.16. The molecule has 3 rings (SSSR count). The van der Waals surface area contributed by atoms with Crippen LogP contribution in [-0.4, -0.2) is 10.9 Å². The molecule has 1 heterocycles. The number of amides is 1. The third kappa shape index (κ3) is 3.17. The molecule has 112 valence electrons. The number of benzene rings is 2. The van der Waals surface area contributed by atoms with Crippen LogP contribution >= 0.6 is 11.3 Å². The molecule has 3 aromatic rings. The number of hydrogen-bond donors (Lipinski definition) is 1. The Bertz CT molecular complexity index is 834. The maximum absolute atomic E-state index is 12.2. The Morgan fingerprint density at radius 2 is 1.82 bits per heavy atom. The smallest absolute Gasteiger partial charge is 0.230 e. The minimum absolute atomic E-state index is 0.0303. The maximum atomic E-state index is 12.2. The number of aryl methyl sites for hydroxylation is 3. The van der Waals surface area contributed by atoms with Crippen LogP contribution in [0.25, 0.3) is 10.2 Å². The first-order chi connectivity index (χ1) is 10.5. The number of carbonyl (C=O) groups excluding carboxylic acids is 1. The summed E-state index contributed by atoms with van der Waals surface area (Å²) in [5, 5.41) is 3.58. The Balaban J connectivity index is 1.76. The molecule has 4 heteroatoms. The van der Waals surface area contributed by atoms with E-state index < -0.39 is 0 Å². The first kappa shape index (κ1) is 14.7. The Morgan fingerprint density at radius 1 is 1.09 bits per heavy atom. The summed E-state index contributed by atoms with van der Waals surface area (Å²) in [5.74, 6) is -0.0303. The molecule has 3 nitrogen and oxygen atoms in total. The van der Waals surface area contributed by atoms with Gasteiger partial charge in [0.1, 0.15) is 0 Å². The van der Waals surface area contributed by atoms with Crippen LogP contribution in [0.1, 0.15) is 22.3 Å². The molecule has 0 radical (unpaired) electrons. The number of nitrogens with one attached hydrogen (secondary N) is 1. The van der Waals surface area contributed by atoms with Gasteiger partial charge in [-0.1, -0.05) is 47.2 Å². The molecule has 1 aromatic heterocycles. The van der Waals surface area contributed by atoms with Crippen LogP contribution in [0.5, 0.6) is 0 Å². The van der Waals surface area contributed by atoms with E-state index in [9.17, 15) is 4.79 Å². The van der Waals surface area contributed by atoms with Crippen molar-refractivity contribution in [3.05, 3.63) is 58.7 Å². The van der Waals surface area contributed by atoms with Crippen molar-refractivity contribution in [2.24, 2.45) is 0 Å². The van der Waals surface area contributed by atoms with E-state index in [1.54, 1.807) is 0 Å². The van der Waals surface area contributed by atoms with Crippen LogP contribution in [0.4, 0.5) is 5.13 Å². The molecule has 2 aromatic carbocycles. The number of hydrogen-bond acceptors (Lipinski definition) is 3. The normalized spacial score (nSPS) is 10.9. The zero-order chi connectivity index (χ0) is 15.7. The second-order valence-corrected chi connectivity index (χ2v) is 6.69. The van der Waals surface area contributed by atoms with Crippen molar-refractivity contribution in [1.82, 2.24) is 4.98 Å². The van der Waals surface area contributed by atoms with Gasteiger partial charge in [0.15, 0.2) is 5.13 Å². The van der Waals surface area contributed by atoms with E-state index in [2.05, 4.69) is 29.4 Å². The molecule has 0 saturated heterocycles. The Labute approximate surface area is 134 Å². The average Bonchev–Trinajstić information content (AvgIpc) is 2.84. The second kappa shape index (κ2) is 5.89. The van der Waals surface area contributed by atoms with Crippen LogP contribution in [0.3, 0.4) is 0 Å². The van der Waals surface area contributed by atoms with Gasteiger partial charge in [0.2, 0.25) is 5.91 Å². The van der Waals surface area contributed by atoms with Crippen LogP contribution in [0.15, 0.2) is 36.4 Å². The number of thiazole rings is 1. The van der Waals surface area contributed by atoms with Gasteiger partial charge in [-0.05, 0) is 43.5 Å². The number of fused-ring (bicyclic) bond motifs is 1. The van der Waals surface area contributed by atoms with Crippen molar-refractivity contribution >= 4 is 32.6 Å². The van der Waals surface area contributed by atoms with Gasteiger partial charge in [0, 0.05) is 0 Å². The molecule has 0 aliphatic heterocycles. The van der Waals surface area contributed by atoms with Crippen LogP contribution in [0.2, 0.25) is 0 Å². The van der Waals surface area contributed by atoms with Gasteiger partial charge >= 0.3 is 0 Å². The Hall–Kier alpha value is -2.20. The predicted octanol–water partition coefficient (Wildman–Crippen LogP) is 4.40. The molecule has 0 spiro atoms. The van der Waals surface area contributed by atoms with Crippen molar-refractivity contribution in [2.45, 2.75) is 27.2 Å². The van der Waals surface area contributed by atoms with Gasteiger partial charge in [0.05, 0.1) is 16.6 Å². The third-order valence-electron chi connectivity index (χ3n) is 3.56. The highest BCUT2D eigenvalue weighted by molar-refractivity contribution is 7.22. The number of carbonyl (C=O) groups is 1. The summed E-state index contributed by atoms with van der Waals surface area (Å²) < 4.78 is 1.11. The van der Waals surface area contributed by atoms with E-state index in [0.29, 0.717) is 11.6 Å². The molecule has 22 heavy (non-hydrogen) atoms. The molecule has 1 amide bonds. The Morgan fingerprint density at radius 3 is 2.55 bits per heavy atom. The second-order valence-electron chi connectivity index (χ2n) is 5.66. The van der Waals surface area contributed by atoms with E-state index in [0.717, 1.165) is 21.3 Å². The zero-order valence-electron chi connectivity index (χ0n) is 12.9. The van der Waals surface area contributed by atoms with E-state index in [-0.39, 0.29) is 5.91 Å². The summed E-state index contributed by atoms with van der Waals surface area (Å²) in [7, 11) is 0. The molecule has 0 unspecified atom stereocenters. The van der Waals surface area contributed by atoms with Gasteiger partial charge in [0.25, 0.3) is 0 Å². The van der Waals surface area contributed by atoms with Crippen molar-refractivity contribution in [1.29, 1.82) is 0 Å². The Kier molecular flexibility index (Phi) is 3.94. The monoisotopic (exact) mass is 310 g/mol. The van der Waals surface area contributed by atoms with Crippen LogP contribution in [-0.2, 0) is 11.2 Å². The van der Waals surface area contributed by atoms with Gasteiger partial charge in [-0.3, -0.25) is 4.79 Å². The number of nitrogens with zero attached hydrogens (tertiary/aromatic N) is 1. The SMILES string of the molecule is Cc1ccc(CC(=O)Nc2nc3c(C)cc(C)cc3s2)cc1. The summed E-state index contributed by atoms with van der Waals surface area (Å²) >= 11 is 1.52. The fraction of sp³-hybridized carbons (Fsp3) is 0.222. The quantitative estimate of drug-likeness (QED) is 0.779. The zero-order valence-corrected chi connectivity index (χ0v) is 13.8. The van der Waals surface area contributed by atoms with E-state index in [1.165, 1.54) is 22.5 Å². The van der Waals surface area contributed by atoms with Gasteiger partial charge in [-0.25, -0.2) is 4.98 Å². The summed E-state index contributed by atoms with van der Waals surface area (Å²) in [5.41, 5.74) is 5.54. The van der Waals surface area contributed by atoms with Crippen molar-refractivity contribution in [2.75, 3.05) is 5.32 Å². The summed E-state index contributed by atoms with van der Waals surface area (Å²) in [6, 6.07) is 12.2. The molecule has 0 saturated carbocycles. The minimum atomic E-state index is -0.0303. The maximum Gasteiger partial charge on any atom is 0.230 e. The van der Waals surface area contributed by atoms with E-state index >= 15 is 0 Å². The van der Waals surface area contributed by atoms with Gasteiger partial charge < -0.3 is 5.32 Å². The highest BCUT2D eigenvalue weighted by Crippen LogP contribution is 2.29. The molecule has 0 bridgehead atoms. The lowest BCUT2D eigenvalue weighted by Gasteiger charge is -2.02. The topological polar surface area (TPSA) is 42.0 Å². The fourth-order valence-electron chi connectivity index (χ4n) is 2.48. The highest BCUT2D eigenvalue weighted by atomic mass is 32.1. The summed E-state index contributed by atoms with van der Waals surface area (Å²) in [4.78, 5) is 16.7. The summed E-state index contributed by atoms with van der Waals surface area (Å²) in [6.07, 6.45) is 0.369. The first-order valence-electron chi connectivity index (χ1n) is 7.24. The van der Waals surface area contributed by atoms with Crippen molar-refractivity contribution in [3.63, 3.8) is 0 Å². The van der Waals surface area contributed by atoms with Crippen LogP contribution in [0, 0.1) is 20.8 Å². The van der Waals surface area contributed by atoms with Crippen LogP contribution < -0.4 is 5.32 Å². The molecular formula is C18H18N2OS. The lowest BCUT2D eigenvalue weighted by molar-refractivity contribution is -0.115. The standard InChI is InChI=1S/C18H18N2OS/c1-11-4-6-14(7-5-11)10-16(21)19-18-20-17-13(3)8-12(2)9-15(17)22-18/h4-9H,10H2,1-3H3,(H,19,20,21). The number of aromatic nitrogens is 1. The van der Waals surface area contributed by atoms with E-state index in [4.69, 9.17) is 0 Å². The molecule has 1 N–H and O–H groups in total.